The van der Waals surface area contributed by atoms with Crippen molar-refractivity contribution in [2.45, 2.75) is 52.1 Å². The molecular weight excluding hydrogens is 393 g/mol. The third kappa shape index (κ3) is 6.99. The van der Waals surface area contributed by atoms with Gasteiger partial charge in [0.2, 0.25) is 5.91 Å². The van der Waals surface area contributed by atoms with Gasteiger partial charge >= 0.3 is 0 Å². The highest BCUT2D eigenvalue weighted by Crippen LogP contribution is 2.29. The maximum Gasteiger partial charge on any atom is 0.234 e. The van der Waals surface area contributed by atoms with E-state index in [1.807, 2.05) is 19.2 Å². The van der Waals surface area contributed by atoms with Crippen LogP contribution < -0.4 is 10.2 Å². The molecular formula is C24H34FN5O. The van der Waals surface area contributed by atoms with Gasteiger partial charge in [-0.25, -0.2) is 4.39 Å². The average Bonchev–Trinajstić information content (AvgIpc) is 3.15. The zero-order valence-corrected chi connectivity index (χ0v) is 19.0. The number of hydrogen-bond acceptors (Lipinski definition) is 5. The normalized spacial score (nSPS) is 17.7. The summed E-state index contributed by atoms with van der Waals surface area (Å²) in [7, 11) is 1.98. The Labute approximate surface area is 184 Å². The first kappa shape index (κ1) is 23.1. The molecule has 31 heavy (non-hydrogen) atoms. The molecule has 1 saturated heterocycles. The van der Waals surface area contributed by atoms with Crippen LogP contribution >= 0.6 is 0 Å². The SMILES string of the molecule is CN(CC(=O)NC(CC(C)(C)C)c1ccc(F)cc1)CC1CCCN1c1cccnn1. The topological polar surface area (TPSA) is 61.4 Å². The molecule has 0 saturated carbocycles. The van der Waals surface area contributed by atoms with Gasteiger partial charge in [0.25, 0.3) is 0 Å². The predicted molar refractivity (Wildman–Crippen MR) is 121 cm³/mol. The lowest BCUT2D eigenvalue weighted by Crippen LogP contribution is -2.44. The number of aromatic nitrogens is 2. The molecule has 7 heteroatoms. The van der Waals surface area contributed by atoms with Crippen LogP contribution in [0.25, 0.3) is 0 Å². The molecule has 0 bridgehead atoms. The number of carbonyl (C=O) groups is 1. The average molecular weight is 428 g/mol. The maximum atomic E-state index is 13.4. The third-order valence-corrected chi connectivity index (χ3v) is 5.59. The minimum atomic E-state index is -0.270. The summed E-state index contributed by atoms with van der Waals surface area (Å²) in [6.45, 7) is 8.48. The second-order valence-electron chi connectivity index (χ2n) is 9.70. The van der Waals surface area contributed by atoms with Crippen molar-refractivity contribution in [2.24, 2.45) is 5.41 Å². The summed E-state index contributed by atoms with van der Waals surface area (Å²) in [5.41, 5.74) is 0.955. The van der Waals surface area contributed by atoms with Gasteiger partial charge in [0, 0.05) is 25.3 Å². The molecule has 1 aliphatic rings. The summed E-state index contributed by atoms with van der Waals surface area (Å²) in [6, 6.07) is 10.5. The summed E-state index contributed by atoms with van der Waals surface area (Å²) >= 11 is 0. The quantitative estimate of drug-likeness (QED) is 0.694. The molecule has 1 N–H and O–H groups in total. The Morgan fingerprint density at radius 2 is 2.03 bits per heavy atom. The molecule has 2 heterocycles. The van der Waals surface area contributed by atoms with Crippen LogP contribution in [-0.4, -0.2) is 53.7 Å². The molecule has 2 aromatic rings. The van der Waals surface area contributed by atoms with Crippen LogP contribution in [0, 0.1) is 11.2 Å². The molecule has 1 aliphatic heterocycles. The minimum absolute atomic E-state index is 0.0230. The summed E-state index contributed by atoms with van der Waals surface area (Å²) < 4.78 is 13.4. The van der Waals surface area contributed by atoms with E-state index in [-0.39, 0.29) is 23.2 Å². The molecule has 0 spiro atoms. The van der Waals surface area contributed by atoms with Gasteiger partial charge in [0.15, 0.2) is 5.82 Å². The van der Waals surface area contributed by atoms with E-state index in [4.69, 9.17) is 0 Å². The first-order chi connectivity index (χ1) is 14.7. The lowest BCUT2D eigenvalue weighted by atomic mass is 9.85. The molecule has 6 nitrogen and oxygen atoms in total. The summed E-state index contributed by atoms with van der Waals surface area (Å²) in [4.78, 5) is 17.2. The maximum absolute atomic E-state index is 13.4. The number of halogens is 1. The fourth-order valence-corrected chi connectivity index (χ4v) is 4.24. The van der Waals surface area contributed by atoms with Crippen molar-refractivity contribution in [3.8, 4) is 0 Å². The summed E-state index contributed by atoms with van der Waals surface area (Å²) in [5, 5.41) is 11.4. The van der Waals surface area contributed by atoms with Gasteiger partial charge in [-0.15, -0.1) is 5.10 Å². The Bertz CT molecular complexity index is 837. The van der Waals surface area contributed by atoms with Crippen molar-refractivity contribution in [1.82, 2.24) is 20.4 Å². The molecule has 1 aromatic heterocycles. The lowest BCUT2D eigenvalue weighted by molar-refractivity contribution is -0.122. The van der Waals surface area contributed by atoms with Gasteiger partial charge < -0.3 is 10.2 Å². The highest BCUT2D eigenvalue weighted by atomic mass is 19.1. The number of rotatable bonds is 8. The number of hydrogen-bond donors (Lipinski definition) is 1. The van der Waals surface area contributed by atoms with E-state index in [0.29, 0.717) is 12.6 Å². The first-order valence-electron chi connectivity index (χ1n) is 11.0. The highest BCUT2D eigenvalue weighted by Gasteiger charge is 2.28. The number of nitrogens with zero attached hydrogens (tertiary/aromatic N) is 4. The van der Waals surface area contributed by atoms with Crippen molar-refractivity contribution in [3.05, 3.63) is 54.0 Å². The smallest absolute Gasteiger partial charge is 0.234 e. The third-order valence-electron chi connectivity index (χ3n) is 5.59. The number of likely N-dealkylation sites (N-methyl/N-ethyl adjacent to an activating group) is 1. The molecule has 1 aromatic carbocycles. The Morgan fingerprint density at radius 1 is 1.29 bits per heavy atom. The van der Waals surface area contributed by atoms with E-state index in [2.05, 4.69) is 46.1 Å². The van der Waals surface area contributed by atoms with E-state index in [9.17, 15) is 9.18 Å². The van der Waals surface area contributed by atoms with Crippen molar-refractivity contribution in [3.63, 3.8) is 0 Å². The molecule has 1 fully saturated rings. The van der Waals surface area contributed by atoms with Gasteiger partial charge in [0.1, 0.15) is 5.82 Å². The number of benzene rings is 1. The van der Waals surface area contributed by atoms with Gasteiger partial charge in [0.05, 0.1) is 12.6 Å². The van der Waals surface area contributed by atoms with Gasteiger partial charge in [-0.1, -0.05) is 32.9 Å². The number of nitrogens with one attached hydrogen (secondary N) is 1. The van der Waals surface area contributed by atoms with Crippen molar-refractivity contribution in [2.75, 3.05) is 31.6 Å². The Morgan fingerprint density at radius 3 is 2.68 bits per heavy atom. The van der Waals surface area contributed by atoms with Gasteiger partial charge in [-0.2, -0.15) is 5.10 Å². The molecule has 1 amide bonds. The minimum Gasteiger partial charge on any atom is -0.351 e. The Hall–Kier alpha value is -2.54. The Balaban J connectivity index is 1.59. The number of anilines is 1. The number of carbonyl (C=O) groups excluding carboxylic acids is 1. The zero-order chi connectivity index (χ0) is 22.4. The summed E-state index contributed by atoms with van der Waals surface area (Å²) in [6.07, 6.45) is 4.64. The molecule has 168 valence electrons. The predicted octanol–water partition coefficient (Wildman–Crippen LogP) is 3.81. The summed E-state index contributed by atoms with van der Waals surface area (Å²) in [5.74, 6) is 0.600. The monoisotopic (exact) mass is 427 g/mol. The molecule has 0 aliphatic carbocycles. The van der Waals surface area contributed by atoms with Crippen LogP contribution in [0.4, 0.5) is 10.2 Å². The van der Waals surface area contributed by atoms with E-state index in [1.54, 1.807) is 18.3 Å². The second kappa shape index (κ2) is 10.2. The zero-order valence-electron chi connectivity index (χ0n) is 19.0. The fourth-order valence-electron chi connectivity index (χ4n) is 4.24. The molecule has 2 unspecified atom stereocenters. The van der Waals surface area contributed by atoms with E-state index in [0.717, 1.165) is 43.7 Å². The molecule has 3 rings (SSSR count). The highest BCUT2D eigenvalue weighted by molar-refractivity contribution is 5.78. The van der Waals surface area contributed by atoms with Crippen LogP contribution in [0.1, 0.15) is 51.6 Å². The molecule has 2 atom stereocenters. The second-order valence-corrected chi connectivity index (χ2v) is 9.70. The van der Waals surface area contributed by atoms with Crippen LogP contribution in [0.2, 0.25) is 0 Å². The molecule has 0 radical (unpaired) electrons. The van der Waals surface area contributed by atoms with Crippen LogP contribution in [0.3, 0.4) is 0 Å². The van der Waals surface area contributed by atoms with Gasteiger partial charge in [-0.05, 0) is 61.6 Å². The van der Waals surface area contributed by atoms with Crippen molar-refractivity contribution in [1.29, 1.82) is 0 Å². The van der Waals surface area contributed by atoms with Crippen molar-refractivity contribution >= 4 is 11.7 Å². The van der Waals surface area contributed by atoms with E-state index in [1.165, 1.54) is 12.1 Å². The van der Waals surface area contributed by atoms with Gasteiger partial charge in [-0.3, -0.25) is 9.69 Å². The van der Waals surface area contributed by atoms with Crippen molar-refractivity contribution < 1.29 is 9.18 Å². The van der Waals surface area contributed by atoms with Crippen LogP contribution in [0.5, 0.6) is 0 Å². The lowest BCUT2D eigenvalue weighted by Gasteiger charge is -2.30. The van der Waals surface area contributed by atoms with E-state index >= 15 is 0 Å². The van der Waals surface area contributed by atoms with E-state index < -0.39 is 0 Å². The fraction of sp³-hybridized carbons (Fsp3) is 0.542. The number of amides is 1. The standard InChI is InChI=1S/C24H34FN5O/c1-24(2,3)15-21(18-9-11-19(25)12-10-18)27-23(31)17-29(4)16-20-7-6-14-30(20)22-8-5-13-26-28-22/h5,8-13,20-21H,6-7,14-17H2,1-4H3,(H,27,31). The first-order valence-corrected chi connectivity index (χ1v) is 11.0. The Kier molecular flexibility index (Phi) is 7.59. The largest absolute Gasteiger partial charge is 0.351 e. The van der Waals surface area contributed by atoms with Crippen LogP contribution in [0.15, 0.2) is 42.6 Å². The van der Waals surface area contributed by atoms with Crippen LogP contribution in [-0.2, 0) is 4.79 Å².